The average Bonchev–Trinajstić information content (AvgIpc) is 3.30. The summed E-state index contributed by atoms with van der Waals surface area (Å²) in [4.78, 5) is 33.2. The summed E-state index contributed by atoms with van der Waals surface area (Å²) >= 11 is 0. The number of aromatic nitrogens is 1. The Balaban J connectivity index is 0.00000154. The van der Waals surface area contributed by atoms with Gasteiger partial charge in [0, 0.05) is 29.6 Å². The molecule has 3 rings (SSSR count). The van der Waals surface area contributed by atoms with Gasteiger partial charge in [0.1, 0.15) is 0 Å². The normalized spacial score (nSPS) is 13.4. The number of fused-ring (bicyclic) bond motifs is 1. The molecule has 0 spiro atoms. The molecule has 2 heterocycles. The van der Waals surface area contributed by atoms with E-state index in [1.807, 2.05) is 72.7 Å². The maximum Gasteiger partial charge on any atom is 0.258 e. The summed E-state index contributed by atoms with van der Waals surface area (Å²) in [6, 6.07) is 6.04. The number of ketones is 1. The lowest BCUT2D eigenvalue weighted by Crippen LogP contribution is -2.29. The van der Waals surface area contributed by atoms with Crippen LogP contribution in [0.15, 0.2) is 18.2 Å². The molecule has 36 heavy (non-hydrogen) atoms. The molecular weight excluding hydrogens is 448 g/mol. The Bertz CT molecular complexity index is 1030. The minimum atomic E-state index is -0.0278. The van der Waals surface area contributed by atoms with Crippen molar-refractivity contribution in [3.05, 3.63) is 51.8 Å². The molecule has 0 aliphatic carbocycles. The maximum atomic E-state index is 12.9. The second-order valence-electron chi connectivity index (χ2n) is 8.59. The number of aromatic amines is 1. The van der Waals surface area contributed by atoms with E-state index in [9.17, 15) is 9.59 Å². The molecule has 0 atom stereocenters. The van der Waals surface area contributed by atoms with Crippen molar-refractivity contribution in [3.8, 4) is 0 Å². The van der Waals surface area contributed by atoms with Crippen LogP contribution in [0.1, 0.15) is 86.4 Å². The fraction of sp³-hybridized carbons (Fsp3) is 0.533. The van der Waals surface area contributed by atoms with E-state index in [-0.39, 0.29) is 11.7 Å². The number of Topliss-reactive ketones (excluding diaryl/α,β-unsaturated/α-hetero) is 1. The first-order valence-corrected chi connectivity index (χ1v) is 13.5. The Morgan fingerprint density at radius 2 is 1.72 bits per heavy atom. The Hall–Kier alpha value is -2.70. The van der Waals surface area contributed by atoms with E-state index in [1.54, 1.807) is 11.9 Å². The van der Waals surface area contributed by atoms with Crippen LogP contribution < -0.4 is 10.2 Å². The fourth-order valence-electron chi connectivity index (χ4n) is 4.44. The number of H-pyrrole nitrogens is 1. The van der Waals surface area contributed by atoms with E-state index in [0.717, 1.165) is 71.9 Å². The van der Waals surface area contributed by atoms with Gasteiger partial charge in [-0.3, -0.25) is 9.59 Å². The average molecular weight is 497 g/mol. The van der Waals surface area contributed by atoms with Gasteiger partial charge < -0.3 is 20.1 Å². The van der Waals surface area contributed by atoms with Crippen LogP contribution in [0, 0.1) is 20.8 Å². The molecule has 0 radical (unpaired) electrons. The molecule has 1 aliphatic heterocycles. The van der Waals surface area contributed by atoms with Crippen LogP contribution in [0.2, 0.25) is 0 Å². The molecule has 0 fully saturated rings. The zero-order chi connectivity index (χ0) is 27.4. The Morgan fingerprint density at radius 3 is 2.33 bits per heavy atom. The van der Waals surface area contributed by atoms with Crippen molar-refractivity contribution in [2.45, 2.75) is 68.7 Å². The van der Waals surface area contributed by atoms with Crippen LogP contribution in [0.5, 0.6) is 0 Å². The zero-order valence-electron chi connectivity index (χ0n) is 24.3. The van der Waals surface area contributed by atoms with Crippen LogP contribution in [-0.4, -0.2) is 61.3 Å². The number of benzene rings is 1. The van der Waals surface area contributed by atoms with Crippen LogP contribution in [0.4, 0.5) is 5.69 Å². The van der Waals surface area contributed by atoms with E-state index in [4.69, 9.17) is 0 Å². The molecule has 6 heteroatoms. The Labute approximate surface area is 219 Å². The third-order valence-electron chi connectivity index (χ3n) is 6.39. The van der Waals surface area contributed by atoms with Gasteiger partial charge in [-0.2, -0.15) is 0 Å². The van der Waals surface area contributed by atoms with Crippen LogP contribution in [0.25, 0.3) is 11.6 Å². The number of nitrogens with one attached hydrogen (secondary N) is 2. The quantitative estimate of drug-likeness (QED) is 0.240. The van der Waals surface area contributed by atoms with E-state index in [1.165, 1.54) is 0 Å². The number of rotatable bonds is 10. The Kier molecular flexibility index (Phi) is 13.4. The SMILES string of the molecule is CC.CC.CCN(CC)CCCNCC(=O)c1c(C)[nH]c(/C=C2\C(=O)N(C)c3ccc(C)cc32)c1C. The zero-order valence-corrected chi connectivity index (χ0v) is 24.3. The highest BCUT2D eigenvalue weighted by Crippen LogP contribution is 2.37. The molecule has 1 aliphatic rings. The highest BCUT2D eigenvalue weighted by molar-refractivity contribution is 6.35. The lowest BCUT2D eigenvalue weighted by Gasteiger charge is -2.17. The summed E-state index contributed by atoms with van der Waals surface area (Å²) in [6.07, 6.45) is 2.91. The second-order valence-corrected chi connectivity index (χ2v) is 8.59. The molecule has 1 aromatic heterocycles. The molecular formula is C30H48N4O2. The molecule has 0 saturated heterocycles. The number of aryl methyl sites for hydroxylation is 2. The lowest BCUT2D eigenvalue weighted by atomic mass is 10.0. The van der Waals surface area contributed by atoms with E-state index in [0.29, 0.717) is 12.1 Å². The van der Waals surface area contributed by atoms with Gasteiger partial charge in [-0.25, -0.2) is 0 Å². The second kappa shape index (κ2) is 15.4. The molecule has 1 aromatic carbocycles. The van der Waals surface area contributed by atoms with Gasteiger partial charge in [-0.05, 0) is 77.1 Å². The molecule has 2 N–H and O–H groups in total. The van der Waals surface area contributed by atoms with Crippen molar-refractivity contribution in [3.63, 3.8) is 0 Å². The number of likely N-dealkylation sites (N-methyl/N-ethyl adjacent to an activating group) is 1. The van der Waals surface area contributed by atoms with Crippen molar-refractivity contribution in [1.29, 1.82) is 0 Å². The third kappa shape index (κ3) is 7.40. The van der Waals surface area contributed by atoms with E-state index < -0.39 is 0 Å². The van der Waals surface area contributed by atoms with Gasteiger partial charge >= 0.3 is 0 Å². The standard InChI is InChI=1S/C26H36N4O2.2C2H6/c1-7-30(8-2)13-9-12-27-16-24(31)25-18(4)22(28-19(25)5)15-21-20-14-17(3)10-11-23(20)29(6)26(21)32;2*1-2/h10-11,14-15,27-28H,7-9,12-13,16H2,1-6H3;2*1-2H3/b21-15-;;. The number of hydrogen-bond donors (Lipinski definition) is 2. The first-order chi connectivity index (χ1) is 17.3. The van der Waals surface area contributed by atoms with Crippen molar-refractivity contribution in [2.24, 2.45) is 0 Å². The molecule has 1 amide bonds. The molecule has 200 valence electrons. The van der Waals surface area contributed by atoms with Crippen LogP contribution in [-0.2, 0) is 4.79 Å². The number of carbonyl (C=O) groups excluding carboxylic acids is 2. The van der Waals surface area contributed by atoms with E-state index in [2.05, 4.69) is 29.0 Å². The largest absolute Gasteiger partial charge is 0.358 e. The molecule has 2 aromatic rings. The summed E-state index contributed by atoms with van der Waals surface area (Å²) in [6.45, 7) is 22.5. The van der Waals surface area contributed by atoms with Crippen molar-refractivity contribution < 1.29 is 9.59 Å². The summed E-state index contributed by atoms with van der Waals surface area (Å²) in [5, 5.41) is 3.29. The summed E-state index contributed by atoms with van der Waals surface area (Å²) < 4.78 is 0. The highest BCUT2D eigenvalue weighted by atomic mass is 16.2. The minimum Gasteiger partial charge on any atom is -0.358 e. The predicted molar refractivity (Wildman–Crippen MR) is 155 cm³/mol. The molecule has 6 nitrogen and oxygen atoms in total. The fourth-order valence-corrected chi connectivity index (χ4v) is 4.44. The van der Waals surface area contributed by atoms with E-state index >= 15 is 0 Å². The van der Waals surface area contributed by atoms with Gasteiger partial charge in [0.05, 0.1) is 17.8 Å². The van der Waals surface area contributed by atoms with Crippen molar-refractivity contribution in [2.75, 3.05) is 44.7 Å². The van der Waals surface area contributed by atoms with Gasteiger partial charge in [0.25, 0.3) is 5.91 Å². The predicted octanol–water partition coefficient (Wildman–Crippen LogP) is 6.01. The van der Waals surface area contributed by atoms with Gasteiger partial charge in [-0.15, -0.1) is 0 Å². The summed E-state index contributed by atoms with van der Waals surface area (Å²) in [5.74, 6) is 0.0508. The van der Waals surface area contributed by atoms with Crippen LogP contribution >= 0.6 is 0 Å². The van der Waals surface area contributed by atoms with Crippen molar-refractivity contribution >= 4 is 29.0 Å². The number of anilines is 1. The number of carbonyl (C=O) groups is 2. The van der Waals surface area contributed by atoms with Gasteiger partial charge in [-0.1, -0.05) is 53.2 Å². The summed E-state index contributed by atoms with van der Waals surface area (Å²) in [5.41, 5.74) is 6.89. The molecule has 0 bridgehead atoms. The Morgan fingerprint density at radius 1 is 1.08 bits per heavy atom. The molecule has 0 saturated carbocycles. The number of hydrogen-bond acceptors (Lipinski definition) is 4. The van der Waals surface area contributed by atoms with Crippen molar-refractivity contribution in [1.82, 2.24) is 15.2 Å². The summed E-state index contributed by atoms with van der Waals surface area (Å²) in [7, 11) is 1.80. The number of amides is 1. The minimum absolute atomic E-state index is 0.0278. The highest BCUT2D eigenvalue weighted by Gasteiger charge is 2.30. The third-order valence-corrected chi connectivity index (χ3v) is 6.39. The van der Waals surface area contributed by atoms with Gasteiger partial charge in [0.2, 0.25) is 0 Å². The topological polar surface area (TPSA) is 68.4 Å². The smallest absolute Gasteiger partial charge is 0.258 e. The first kappa shape index (κ1) is 31.3. The van der Waals surface area contributed by atoms with Gasteiger partial charge in [0.15, 0.2) is 5.78 Å². The maximum absolute atomic E-state index is 12.9. The lowest BCUT2D eigenvalue weighted by molar-refractivity contribution is -0.112. The first-order valence-electron chi connectivity index (χ1n) is 13.5. The monoisotopic (exact) mass is 496 g/mol. The number of nitrogens with zero attached hydrogens (tertiary/aromatic N) is 2. The van der Waals surface area contributed by atoms with Crippen LogP contribution in [0.3, 0.4) is 0 Å². The molecule has 0 unspecified atom stereocenters.